The molecule has 0 aliphatic carbocycles. The van der Waals surface area contributed by atoms with Gasteiger partial charge in [0.2, 0.25) is 5.88 Å². The summed E-state index contributed by atoms with van der Waals surface area (Å²) >= 11 is 1.74. The summed E-state index contributed by atoms with van der Waals surface area (Å²) < 4.78 is 5.23. The smallest absolute Gasteiger partial charge is 0.213 e. The fourth-order valence-corrected chi connectivity index (χ4v) is 3.96. The summed E-state index contributed by atoms with van der Waals surface area (Å²) in [5, 5.41) is 19.0. The topological polar surface area (TPSA) is 72.0 Å². The summed E-state index contributed by atoms with van der Waals surface area (Å²) in [5.74, 6) is 1.28. The maximum absolute atomic E-state index is 5.23. The van der Waals surface area contributed by atoms with Gasteiger partial charge < -0.3 is 15.4 Å². The molecule has 0 unspecified atom stereocenters. The largest absolute Gasteiger partial charge is 0.481 e. The van der Waals surface area contributed by atoms with Crippen LogP contribution in [0.2, 0.25) is 0 Å². The predicted molar refractivity (Wildman–Crippen MR) is 114 cm³/mol. The number of methoxy groups -OCH3 is 1. The highest BCUT2D eigenvalue weighted by atomic mass is 32.1. The van der Waals surface area contributed by atoms with Crippen molar-refractivity contribution in [2.75, 3.05) is 19.5 Å². The van der Waals surface area contributed by atoms with Gasteiger partial charge in [-0.25, -0.2) is 4.98 Å². The number of nitrogens with one attached hydrogen (secondary N) is 2. The minimum atomic E-state index is 0.558. The number of rotatable bonds is 7. The average Bonchev–Trinajstić information content (AvgIpc) is 3.21. The van der Waals surface area contributed by atoms with E-state index >= 15 is 0 Å². The van der Waals surface area contributed by atoms with Crippen LogP contribution in [0.5, 0.6) is 5.88 Å². The first kappa shape index (κ1) is 18.3. The lowest BCUT2D eigenvalue weighted by molar-refractivity contribution is 0.399. The van der Waals surface area contributed by atoms with E-state index < -0.39 is 0 Å². The number of thiophene rings is 1. The third-order valence-corrected chi connectivity index (χ3v) is 5.44. The van der Waals surface area contributed by atoms with Gasteiger partial charge in [0, 0.05) is 34.5 Å². The number of benzene rings is 1. The summed E-state index contributed by atoms with van der Waals surface area (Å²) in [4.78, 5) is 5.45. The minimum absolute atomic E-state index is 0.558. The van der Waals surface area contributed by atoms with Gasteiger partial charge in [-0.1, -0.05) is 24.3 Å². The highest BCUT2D eigenvalue weighted by molar-refractivity contribution is 7.10. The van der Waals surface area contributed by atoms with Crippen molar-refractivity contribution in [3.8, 4) is 17.0 Å². The van der Waals surface area contributed by atoms with Gasteiger partial charge in [-0.05, 0) is 35.2 Å². The second-order valence-electron chi connectivity index (χ2n) is 6.35. The van der Waals surface area contributed by atoms with Crippen LogP contribution < -0.4 is 15.4 Å². The molecule has 0 aliphatic heterocycles. The van der Waals surface area contributed by atoms with Crippen molar-refractivity contribution in [1.82, 2.24) is 20.5 Å². The molecular weight excluding hydrogens is 370 g/mol. The number of anilines is 1. The van der Waals surface area contributed by atoms with E-state index in [1.54, 1.807) is 30.8 Å². The molecule has 0 saturated carbocycles. The van der Waals surface area contributed by atoms with E-state index in [0.29, 0.717) is 12.4 Å². The zero-order chi connectivity index (χ0) is 19.3. The van der Waals surface area contributed by atoms with Crippen LogP contribution in [-0.4, -0.2) is 29.3 Å². The predicted octanol–water partition coefficient (Wildman–Crippen LogP) is 4.09. The molecule has 0 atom stereocenters. The van der Waals surface area contributed by atoms with Crippen LogP contribution in [0.4, 0.5) is 5.82 Å². The van der Waals surface area contributed by atoms with Crippen molar-refractivity contribution in [2.24, 2.45) is 0 Å². The molecule has 0 bridgehead atoms. The van der Waals surface area contributed by atoms with Crippen molar-refractivity contribution in [3.05, 3.63) is 64.6 Å². The van der Waals surface area contributed by atoms with Gasteiger partial charge in [-0.2, -0.15) is 5.10 Å². The highest BCUT2D eigenvalue weighted by Crippen LogP contribution is 2.29. The van der Waals surface area contributed by atoms with E-state index in [1.807, 2.05) is 13.1 Å². The molecule has 0 aliphatic rings. The van der Waals surface area contributed by atoms with Crippen molar-refractivity contribution in [1.29, 1.82) is 0 Å². The molecule has 0 spiro atoms. The fourth-order valence-electron chi connectivity index (χ4n) is 3.13. The van der Waals surface area contributed by atoms with Crippen LogP contribution in [0.25, 0.3) is 21.9 Å². The Morgan fingerprint density at radius 2 is 2.00 bits per heavy atom. The molecule has 28 heavy (non-hydrogen) atoms. The van der Waals surface area contributed by atoms with Crippen molar-refractivity contribution >= 4 is 27.9 Å². The zero-order valence-electron chi connectivity index (χ0n) is 15.8. The Labute approximate surface area is 167 Å². The number of fused-ring (bicyclic) bond motifs is 1. The lowest BCUT2D eigenvalue weighted by Crippen LogP contribution is -2.06. The molecule has 4 rings (SSSR count). The van der Waals surface area contributed by atoms with Gasteiger partial charge in [0.05, 0.1) is 19.9 Å². The summed E-state index contributed by atoms with van der Waals surface area (Å²) in [5.41, 5.74) is 3.80. The standard InChI is InChI=1S/C21H21N5OS/c1-22-9-14-5-3-4-6-18(14)15-7-17(28-13-15)12-24-21-19-8-20(27-2)23-10-16(19)11-25-26-21/h3-8,10-11,13,22H,9,12H2,1-2H3,(H,24,26). The Hall–Kier alpha value is -3.03. The summed E-state index contributed by atoms with van der Waals surface area (Å²) in [6.45, 7) is 1.53. The Balaban J connectivity index is 1.55. The number of pyridine rings is 1. The van der Waals surface area contributed by atoms with E-state index in [4.69, 9.17) is 4.74 Å². The summed E-state index contributed by atoms with van der Waals surface area (Å²) in [6.07, 6.45) is 3.45. The lowest BCUT2D eigenvalue weighted by atomic mass is 10.0. The minimum Gasteiger partial charge on any atom is -0.481 e. The Bertz CT molecular complexity index is 1100. The Kier molecular flexibility index (Phi) is 5.45. The van der Waals surface area contributed by atoms with Crippen molar-refractivity contribution in [2.45, 2.75) is 13.1 Å². The van der Waals surface area contributed by atoms with E-state index in [-0.39, 0.29) is 0 Å². The molecule has 0 radical (unpaired) electrons. The molecule has 4 aromatic rings. The van der Waals surface area contributed by atoms with Gasteiger partial charge in [0.1, 0.15) is 0 Å². The SMILES string of the molecule is CNCc1ccccc1-c1csc(CNc2nncc3cnc(OC)cc23)c1. The van der Waals surface area contributed by atoms with Gasteiger partial charge in [-0.3, -0.25) is 0 Å². The van der Waals surface area contributed by atoms with Crippen LogP contribution in [0.1, 0.15) is 10.4 Å². The second kappa shape index (κ2) is 8.33. The van der Waals surface area contributed by atoms with Crippen molar-refractivity contribution in [3.63, 3.8) is 0 Å². The molecule has 0 amide bonds. The monoisotopic (exact) mass is 391 g/mol. The molecular formula is C21H21N5OS. The second-order valence-corrected chi connectivity index (χ2v) is 7.35. The van der Waals surface area contributed by atoms with Gasteiger partial charge >= 0.3 is 0 Å². The normalized spacial score (nSPS) is 10.9. The van der Waals surface area contributed by atoms with Crippen LogP contribution in [0.3, 0.4) is 0 Å². The van der Waals surface area contributed by atoms with E-state index in [2.05, 4.69) is 61.5 Å². The zero-order valence-corrected chi connectivity index (χ0v) is 16.6. The maximum atomic E-state index is 5.23. The highest BCUT2D eigenvalue weighted by Gasteiger charge is 2.09. The Morgan fingerprint density at radius 1 is 1.11 bits per heavy atom. The molecule has 3 heterocycles. The van der Waals surface area contributed by atoms with E-state index in [0.717, 1.165) is 23.1 Å². The third-order valence-electron chi connectivity index (χ3n) is 4.51. The van der Waals surface area contributed by atoms with Crippen LogP contribution >= 0.6 is 11.3 Å². The summed E-state index contributed by atoms with van der Waals surface area (Å²) in [7, 11) is 3.57. The number of aromatic nitrogens is 3. The van der Waals surface area contributed by atoms with E-state index in [9.17, 15) is 0 Å². The number of nitrogens with zero attached hydrogens (tertiary/aromatic N) is 3. The maximum Gasteiger partial charge on any atom is 0.213 e. The molecule has 0 saturated heterocycles. The number of hydrogen-bond acceptors (Lipinski definition) is 7. The number of hydrogen-bond donors (Lipinski definition) is 2. The molecule has 6 nitrogen and oxygen atoms in total. The van der Waals surface area contributed by atoms with Gasteiger partial charge in [-0.15, -0.1) is 16.4 Å². The Morgan fingerprint density at radius 3 is 2.86 bits per heavy atom. The van der Waals surface area contributed by atoms with Crippen LogP contribution in [-0.2, 0) is 13.1 Å². The molecule has 0 fully saturated rings. The molecule has 2 N–H and O–H groups in total. The lowest BCUT2D eigenvalue weighted by Gasteiger charge is -2.08. The summed E-state index contributed by atoms with van der Waals surface area (Å²) in [6, 6.07) is 12.6. The quantitative estimate of drug-likeness (QED) is 0.494. The first-order chi connectivity index (χ1) is 13.8. The third kappa shape index (κ3) is 3.81. The number of ether oxygens (including phenoxy) is 1. The van der Waals surface area contributed by atoms with Gasteiger partial charge in [0.15, 0.2) is 5.82 Å². The molecule has 1 aromatic carbocycles. The van der Waals surface area contributed by atoms with Crippen LogP contribution in [0, 0.1) is 0 Å². The average molecular weight is 392 g/mol. The first-order valence-electron chi connectivity index (χ1n) is 8.98. The van der Waals surface area contributed by atoms with Crippen LogP contribution in [0.15, 0.2) is 54.2 Å². The first-order valence-corrected chi connectivity index (χ1v) is 9.86. The molecule has 3 aromatic heterocycles. The van der Waals surface area contributed by atoms with Gasteiger partial charge in [0.25, 0.3) is 0 Å². The molecule has 7 heteroatoms. The fraction of sp³-hybridized carbons (Fsp3) is 0.190. The molecule has 142 valence electrons. The van der Waals surface area contributed by atoms with E-state index in [1.165, 1.54) is 21.6 Å². The van der Waals surface area contributed by atoms with Crippen molar-refractivity contribution < 1.29 is 4.74 Å².